The van der Waals surface area contributed by atoms with Crippen molar-refractivity contribution in [2.75, 3.05) is 36.4 Å². The molecule has 0 atom stereocenters. The number of amides is 2. The van der Waals surface area contributed by atoms with Crippen molar-refractivity contribution in [2.24, 2.45) is 5.92 Å². The van der Waals surface area contributed by atoms with Crippen LogP contribution < -0.4 is 10.2 Å². The molecule has 1 aromatic heterocycles. The van der Waals surface area contributed by atoms with Gasteiger partial charge in [-0.1, -0.05) is 13.8 Å². The largest absolute Gasteiger partial charge is 0.352 e. The van der Waals surface area contributed by atoms with E-state index in [1.165, 1.54) is 0 Å². The van der Waals surface area contributed by atoms with Crippen LogP contribution in [0.15, 0.2) is 12.1 Å². The molecule has 0 saturated carbocycles. The van der Waals surface area contributed by atoms with Crippen molar-refractivity contribution in [3.8, 4) is 0 Å². The summed E-state index contributed by atoms with van der Waals surface area (Å²) in [5.41, 5.74) is 0. The number of anilines is 2. The minimum Gasteiger partial charge on any atom is -0.352 e. The molecule has 1 aromatic rings. The summed E-state index contributed by atoms with van der Waals surface area (Å²) in [5.74, 6) is 1.36. The Morgan fingerprint density at radius 3 is 2.26 bits per heavy atom. The summed E-state index contributed by atoms with van der Waals surface area (Å²) in [6.45, 7) is 8.48. The molecule has 1 saturated heterocycles. The SMILES string of the molecule is CCC(CC)C(=O)Nc1ccc(N2CCN(C(C)=O)CC2)nn1. The molecule has 1 N–H and O–H groups in total. The number of hydrogen-bond donors (Lipinski definition) is 1. The fourth-order valence-electron chi connectivity index (χ4n) is 2.70. The summed E-state index contributed by atoms with van der Waals surface area (Å²) >= 11 is 0. The van der Waals surface area contributed by atoms with Crippen molar-refractivity contribution in [3.63, 3.8) is 0 Å². The van der Waals surface area contributed by atoms with Crippen molar-refractivity contribution >= 4 is 23.5 Å². The van der Waals surface area contributed by atoms with Gasteiger partial charge in [-0.15, -0.1) is 10.2 Å². The summed E-state index contributed by atoms with van der Waals surface area (Å²) in [6, 6.07) is 3.64. The minimum absolute atomic E-state index is 0.00729. The zero-order chi connectivity index (χ0) is 16.8. The zero-order valence-electron chi connectivity index (χ0n) is 14.1. The van der Waals surface area contributed by atoms with E-state index in [0.29, 0.717) is 18.9 Å². The Hall–Kier alpha value is -2.18. The number of nitrogens with one attached hydrogen (secondary N) is 1. The third-order valence-electron chi connectivity index (χ3n) is 4.31. The van der Waals surface area contributed by atoms with Crippen molar-refractivity contribution in [1.29, 1.82) is 0 Å². The lowest BCUT2D eigenvalue weighted by Gasteiger charge is -2.34. The average Bonchev–Trinajstić information content (AvgIpc) is 2.57. The molecule has 0 bridgehead atoms. The molecule has 7 heteroatoms. The van der Waals surface area contributed by atoms with E-state index in [-0.39, 0.29) is 17.7 Å². The van der Waals surface area contributed by atoms with Gasteiger partial charge in [-0.05, 0) is 25.0 Å². The Labute approximate surface area is 137 Å². The van der Waals surface area contributed by atoms with Crippen molar-refractivity contribution < 1.29 is 9.59 Å². The van der Waals surface area contributed by atoms with Crippen LogP contribution >= 0.6 is 0 Å². The van der Waals surface area contributed by atoms with E-state index < -0.39 is 0 Å². The molecule has 2 heterocycles. The number of piperazine rings is 1. The van der Waals surface area contributed by atoms with E-state index in [9.17, 15) is 9.59 Å². The number of nitrogens with zero attached hydrogens (tertiary/aromatic N) is 4. The van der Waals surface area contributed by atoms with Gasteiger partial charge < -0.3 is 15.1 Å². The van der Waals surface area contributed by atoms with Crippen molar-refractivity contribution in [2.45, 2.75) is 33.6 Å². The third-order valence-corrected chi connectivity index (χ3v) is 4.31. The standard InChI is InChI=1S/C16H25N5O2/c1-4-13(5-2)16(23)17-14-6-7-15(19-18-14)21-10-8-20(9-11-21)12(3)22/h6-7,13H,4-5,8-11H2,1-3H3,(H,17,18,23). The second kappa shape index (κ2) is 7.89. The Kier molecular flexibility index (Phi) is 5.90. The normalized spacial score (nSPS) is 15.0. The highest BCUT2D eigenvalue weighted by Gasteiger charge is 2.20. The minimum atomic E-state index is -0.00729. The molecule has 1 aliphatic rings. The van der Waals surface area contributed by atoms with E-state index in [0.717, 1.165) is 31.7 Å². The van der Waals surface area contributed by atoms with Gasteiger partial charge in [0, 0.05) is 39.0 Å². The first-order valence-electron chi connectivity index (χ1n) is 8.20. The van der Waals surface area contributed by atoms with Gasteiger partial charge in [0.2, 0.25) is 11.8 Å². The maximum absolute atomic E-state index is 12.0. The van der Waals surface area contributed by atoms with E-state index in [1.54, 1.807) is 13.0 Å². The lowest BCUT2D eigenvalue weighted by molar-refractivity contribution is -0.129. The van der Waals surface area contributed by atoms with E-state index >= 15 is 0 Å². The molecule has 0 spiro atoms. The monoisotopic (exact) mass is 319 g/mol. The molecule has 2 rings (SSSR count). The van der Waals surface area contributed by atoms with Crippen LogP contribution in [0.5, 0.6) is 0 Å². The fraction of sp³-hybridized carbons (Fsp3) is 0.625. The van der Waals surface area contributed by atoms with E-state index in [2.05, 4.69) is 20.4 Å². The number of carbonyl (C=O) groups excluding carboxylic acids is 2. The van der Waals surface area contributed by atoms with Crippen LogP contribution in [-0.2, 0) is 9.59 Å². The number of rotatable bonds is 5. The summed E-state index contributed by atoms with van der Waals surface area (Å²) in [5, 5.41) is 11.1. The summed E-state index contributed by atoms with van der Waals surface area (Å²) in [4.78, 5) is 27.3. The maximum atomic E-state index is 12.0. The molecule has 0 radical (unpaired) electrons. The molecule has 126 valence electrons. The molecule has 1 fully saturated rings. The molecular formula is C16H25N5O2. The zero-order valence-corrected chi connectivity index (χ0v) is 14.1. The van der Waals surface area contributed by atoms with Gasteiger partial charge in [0.15, 0.2) is 11.6 Å². The van der Waals surface area contributed by atoms with Crippen LogP contribution in [0.1, 0.15) is 33.6 Å². The average molecular weight is 319 g/mol. The number of aromatic nitrogens is 2. The topological polar surface area (TPSA) is 78.4 Å². The highest BCUT2D eigenvalue weighted by atomic mass is 16.2. The van der Waals surface area contributed by atoms with Gasteiger partial charge >= 0.3 is 0 Å². The van der Waals surface area contributed by atoms with E-state index in [4.69, 9.17) is 0 Å². The van der Waals surface area contributed by atoms with Crippen LogP contribution in [-0.4, -0.2) is 53.1 Å². The predicted octanol–water partition coefficient (Wildman–Crippen LogP) is 1.52. The molecule has 0 unspecified atom stereocenters. The van der Waals surface area contributed by atoms with Crippen molar-refractivity contribution in [1.82, 2.24) is 15.1 Å². The molecule has 2 amide bonds. The van der Waals surface area contributed by atoms with Gasteiger partial charge in [0.1, 0.15) is 0 Å². The van der Waals surface area contributed by atoms with Crippen molar-refractivity contribution in [3.05, 3.63) is 12.1 Å². The smallest absolute Gasteiger partial charge is 0.228 e. The fourth-order valence-corrected chi connectivity index (χ4v) is 2.70. The first-order valence-corrected chi connectivity index (χ1v) is 8.20. The lowest BCUT2D eigenvalue weighted by Crippen LogP contribution is -2.48. The molecule has 1 aliphatic heterocycles. The Bertz CT molecular complexity index is 534. The summed E-state index contributed by atoms with van der Waals surface area (Å²) in [6.07, 6.45) is 1.63. The van der Waals surface area contributed by atoms with Crippen LogP contribution in [0.3, 0.4) is 0 Å². The van der Waals surface area contributed by atoms with E-state index in [1.807, 2.05) is 24.8 Å². The lowest BCUT2D eigenvalue weighted by atomic mass is 10.0. The summed E-state index contributed by atoms with van der Waals surface area (Å²) in [7, 11) is 0. The highest BCUT2D eigenvalue weighted by molar-refractivity contribution is 5.91. The molecule has 7 nitrogen and oxygen atoms in total. The maximum Gasteiger partial charge on any atom is 0.228 e. The highest BCUT2D eigenvalue weighted by Crippen LogP contribution is 2.16. The quantitative estimate of drug-likeness (QED) is 0.890. The van der Waals surface area contributed by atoms with Gasteiger partial charge in [-0.2, -0.15) is 0 Å². The Morgan fingerprint density at radius 2 is 1.78 bits per heavy atom. The van der Waals surface area contributed by atoms with Gasteiger partial charge in [0.05, 0.1) is 0 Å². The second-order valence-corrected chi connectivity index (χ2v) is 5.77. The van der Waals surface area contributed by atoms with Crippen LogP contribution in [0.25, 0.3) is 0 Å². The molecule has 0 aromatic carbocycles. The Morgan fingerprint density at radius 1 is 1.13 bits per heavy atom. The van der Waals surface area contributed by atoms with Gasteiger partial charge in [0.25, 0.3) is 0 Å². The molecule has 0 aliphatic carbocycles. The second-order valence-electron chi connectivity index (χ2n) is 5.77. The van der Waals surface area contributed by atoms with Crippen LogP contribution in [0.2, 0.25) is 0 Å². The molecule has 23 heavy (non-hydrogen) atoms. The number of carbonyl (C=O) groups is 2. The van der Waals surface area contributed by atoms with Crippen LogP contribution in [0.4, 0.5) is 11.6 Å². The number of hydrogen-bond acceptors (Lipinski definition) is 5. The first-order chi connectivity index (χ1) is 11.0. The van der Waals surface area contributed by atoms with Gasteiger partial charge in [-0.3, -0.25) is 9.59 Å². The van der Waals surface area contributed by atoms with Crippen LogP contribution in [0, 0.1) is 5.92 Å². The molecular weight excluding hydrogens is 294 g/mol. The Balaban J connectivity index is 1.92. The van der Waals surface area contributed by atoms with Gasteiger partial charge in [-0.25, -0.2) is 0 Å². The third kappa shape index (κ3) is 4.40. The predicted molar refractivity (Wildman–Crippen MR) is 89.2 cm³/mol. The first kappa shape index (κ1) is 17.2. The summed E-state index contributed by atoms with van der Waals surface area (Å²) < 4.78 is 0.